The van der Waals surface area contributed by atoms with E-state index in [1.54, 1.807) is 0 Å². The molecule has 118 valence electrons. The molecule has 0 aliphatic carbocycles. The van der Waals surface area contributed by atoms with Crippen molar-refractivity contribution in [1.82, 2.24) is 4.90 Å². The van der Waals surface area contributed by atoms with Gasteiger partial charge in [0.2, 0.25) is 0 Å². The van der Waals surface area contributed by atoms with E-state index in [-0.39, 0.29) is 17.1 Å². The third-order valence-electron chi connectivity index (χ3n) is 4.20. The number of carboxylic acid groups (broad SMARTS) is 1. The van der Waals surface area contributed by atoms with Crippen molar-refractivity contribution >= 4 is 5.97 Å². The van der Waals surface area contributed by atoms with Crippen LogP contribution in [0.4, 0.5) is 0 Å². The maximum absolute atomic E-state index is 11.4. The van der Waals surface area contributed by atoms with Crippen molar-refractivity contribution < 1.29 is 14.6 Å². The number of carbonyl (C=O) groups is 1. The van der Waals surface area contributed by atoms with Gasteiger partial charge in [0.15, 0.2) is 0 Å². The number of nitrogens with zero attached hydrogens (tertiary/aromatic N) is 1. The summed E-state index contributed by atoms with van der Waals surface area (Å²) in [5.74, 6) is -0.723. The summed E-state index contributed by atoms with van der Waals surface area (Å²) in [4.78, 5) is 13.5. The molecule has 2 atom stereocenters. The first-order valence-electron chi connectivity index (χ1n) is 7.69. The highest BCUT2D eigenvalue weighted by Gasteiger charge is 2.39. The van der Waals surface area contributed by atoms with Crippen LogP contribution in [0.2, 0.25) is 0 Å². The Hall–Kier alpha value is -0.610. The van der Waals surface area contributed by atoms with E-state index < -0.39 is 12.0 Å². The van der Waals surface area contributed by atoms with Crippen molar-refractivity contribution in [3.63, 3.8) is 0 Å². The minimum atomic E-state index is -0.723. The van der Waals surface area contributed by atoms with Crippen LogP contribution in [0.25, 0.3) is 0 Å². The van der Waals surface area contributed by atoms with E-state index >= 15 is 0 Å². The molecule has 4 heteroatoms. The highest BCUT2D eigenvalue weighted by molar-refractivity contribution is 5.74. The van der Waals surface area contributed by atoms with Crippen molar-refractivity contribution in [3.8, 4) is 0 Å². The highest BCUT2D eigenvalue weighted by atomic mass is 16.5. The van der Waals surface area contributed by atoms with E-state index in [0.29, 0.717) is 6.42 Å². The Morgan fingerprint density at radius 2 is 1.90 bits per heavy atom. The zero-order chi connectivity index (χ0) is 15.6. The van der Waals surface area contributed by atoms with E-state index in [0.717, 1.165) is 25.9 Å². The molecule has 0 radical (unpaired) electrons. The second-order valence-corrected chi connectivity index (χ2v) is 7.70. The Morgan fingerprint density at radius 3 is 2.35 bits per heavy atom. The summed E-state index contributed by atoms with van der Waals surface area (Å²) in [5.41, 5.74) is 0.0540. The molecule has 0 aromatic carbocycles. The number of likely N-dealkylation sites (tertiary alicyclic amines) is 1. The molecule has 1 aliphatic heterocycles. The Bertz CT molecular complexity index is 333. The molecule has 0 saturated carbocycles. The predicted octanol–water partition coefficient (Wildman–Crippen LogP) is 3.16. The number of aliphatic carboxylic acids is 1. The summed E-state index contributed by atoms with van der Waals surface area (Å²) >= 11 is 0. The van der Waals surface area contributed by atoms with E-state index in [1.807, 2.05) is 20.8 Å². The number of carboxylic acids is 1. The number of ether oxygens (including phenoxy) is 1. The average molecular weight is 285 g/mol. The molecule has 1 heterocycles. The third kappa shape index (κ3) is 5.41. The summed E-state index contributed by atoms with van der Waals surface area (Å²) in [5, 5.41) is 9.39. The molecular weight excluding hydrogens is 254 g/mol. The lowest BCUT2D eigenvalue weighted by Gasteiger charge is -2.28. The molecule has 1 saturated heterocycles. The molecule has 1 fully saturated rings. The lowest BCUT2D eigenvalue weighted by atomic mass is 9.86. The minimum absolute atomic E-state index is 0.0286. The van der Waals surface area contributed by atoms with Gasteiger partial charge >= 0.3 is 5.97 Å². The van der Waals surface area contributed by atoms with Gasteiger partial charge in [0.05, 0.1) is 11.7 Å². The van der Waals surface area contributed by atoms with Crippen LogP contribution >= 0.6 is 0 Å². The van der Waals surface area contributed by atoms with Gasteiger partial charge in [-0.05, 0) is 39.2 Å². The van der Waals surface area contributed by atoms with E-state index in [4.69, 9.17) is 4.74 Å². The molecule has 1 rings (SSSR count). The van der Waals surface area contributed by atoms with Gasteiger partial charge in [-0.25, -0.2) is 0 Å². The molecule has 0 spiro atoms. The highest BCUT2D eigenvalue weighted by Crippen LogP contribution is 2.29. The summed E-state index contributed by atoms with van der Waals surface area (Å²) in [6.45, 7) is 14.3. The first-order chi connectivity index (χ1) is 9.04. The summed E-state index contributed by atoms with van der Waals surface area (Å²) in [7, 11) is 0. The van der Waals surface area contributed by atoms with E-state index in [1.165, 1.54) is 0 Å². The normalized spacial score (nSPS) is 25.1. The molecule has 20 heavy (non-hydrogen) atoms. The van der Waals surface area contributed by atoms with Gasteiger partial charge in [-0.3, -0.25) is 9.69 Å². The van der Waals surface area contributed by atoms with Gasteiger partial charge < -0.3 is 9.84 Å². The van der Waals surface area contributed by atoms with Crippen LogP contribution in [0.15, 0.2) is 0 Å². The van der Waals surface area contributed by atoms with Crippen LogP contribution < -0.4 is 0 Å². The Morgan fingerprint density at radius 1 is 1.30 bits per heavy atom. The second kappa shape index (κ2) is 6.44. The van der Waals surface area contributed by atoms with Crippen molar-refractivity contribution in [2.75, 3.05) is 13.1 Å². The first-order valence-corrected chi connectivity index (χ1v) is 7.69. The summed E-state index contributed by atoms with van der Waals surface area (Å²) in [6, 6.07) is -0.394. The molecule has 1 aliphatic rings. The van der Waals surface area contributed by atoms with Crippen molar-refractivity contribution in [3.05, 3.63) is 0 Å². The maximum Gasteiger partial charge on any atom is 0.321 e. The third-order valence-corrected chi connectivity index (χ3v) is 4.20. The Kier molecular flexibility index (Phi) is 5.61. The van der Waals surface area contributed by atoms with Gasteiger partial charge in [-0.1, -0.05) is 27.2 Å². The van der Waals surface area contributed by atoms with Gasteiger partial charge in [-0.2, -0.15) is 0 Å². The molecule has 2 unspecified atom stereocenters. The van der Waals surface area contributed by atoms with Crippen molar-refractivity contribution in [1.29, 1.82) is 0 Å². The number of hydrogen-bond donors (Lipinski definition) is 1. The van der Waals surface area contributed by atoms with Gasteiger partial charge in [-0.15, -0.1) is 0 Å². The fourth-order valence-electron chi connectivity index (χ4n) is 2.57. The smallest absolute Gasteiger partial charge is 0.321 e. The molecule has 0 amide bonds. The Labute approximate surface area is 123 Å². The predicted molar refractivity (Wildman–Crippen MR) is 80.9 cm³/mol. The molecule has 0 bridgehead atoms. The fourth-order valence-corrected chi connectivity index (χ4v) is 2.57. The van der Waals surface area contributed by atoms with Gasteiger partial charge in [0, 0.05) is 13.0 Å². The van der Waals surface area contributed by atoms with E-state index in [2.05, 4.69) is 25.7 Å². The van der Waals surface area contributed by atoms with Crippen LogP contribution in [0.3, 0.4) is 0 Å². The SMILES string of the molecule is CCC(C)(C)CCN1CC(OC(C)(C)C)CC1C(=O)O. The first kappa shape index (κ1) is 17.4. The topological polar surface area (TPSA) is 49.8 Å². The summed E-state index contributed by atoms with van der Waals surface area (Å²) < 4.78 is 5.96. The number of hydrogen-bond acceptors (Lipinski definition) is 3. The van der Waals surface area contributed by atoms with Crippen molar-refractivity contribution in [2.24, 2.45) is 5.41 Å². The van der Waals surface area contributed by atoms with E-state index in [9.17, 15) is 9.90 Å². The van der Waals surface area contributed by atoms with Crippen molar-refractivity contribution in [2.45, 2.75) is 78.6 Å². The zero-order valence-electron chi connectivity index (χ0n) is 13.9. The largest absolute Gasteiger partial charge is 0.480 e. The quantitative estimate of drug-likeness (QED) is 0.814. The molecule has 0 aromatic heterocycles. The number of rotatable bonds is 6. The van der Waals surface area contributed by atoms with Crippen LogP contribution in [0, 0.1) is 5.41 Å². The van der Waals surface area contributed by atoms with Gasteiger partial charge in [0.25, 0.3) is 0 Å². The van der Waals surface area contributed by atoms with Crippen LogP contribution in [-0.4, -0.2) is 46.8 Å². The summed E-state index contributed by atoms with van der Waals surface area (Å²) in [6.07, 6.45) is 2.76. The molecule has 1 N–H and O–H groups in total. The Balaban J connectivity index is 2.61. The maximum atomic E-state index is 11.4. The fraction of sp³-hybridized carbons (Fsp3) is 0.938. The minimum Gasteiger partial charge on any atom is -0.480 e. The molecular formula is C16H31NO3. The molecule has 0 aromatic rings. The second-order valence-electron chi connectivity index (χ2n) is 7.70. The van der Waals surface area contributed by atoms with Crippen LogP contribution in [0.5, 0.6) is 0 Å². The van der Waals surface area contributed by atoms with Crippen LogP contribution in [-0.2, 0) is 9.53 Å². The van der Waals surface area contributed by atoms with Crippen LogP contribution in [0.1, 0.15) is 60.8 Å². The standard InChI is InChI=1S/C16H31NO3/c1-7-16(5,6)8-9-17-11-12(20-15(2,3)4)10-13(17)14(18)19/h12-13H,7-11H2,1-6H3,(H,18,19). The lowest BCUT2D eigenvalue weighted by Crippen LogP contribution is -2.38. The van der Waals surface area contributed by atoms with Gasteiger partial charge in [0.1, 0.15) is 6.04 Å². The lowest BCUT2D eigenvalue weighted by molar-refractivity contribution is -0.142. The monoisotopic (exact) mass is 285 g/mol. The molecule has 4 nitrogen and oxygen atoms in total. The zero-order valence-corrected chi connectivity index (χ0v) is 13.9. The average Bonchev–Trinajstić information content (AvgIpc) is 2.67.